The third-order valence-electron chi connectivity index (χ3n) is 2.18. The van der Waals surface area contributed by atoms with E-state index >= 15 is 0 Å². The first-order chi connectivity index (χ1) is 9.02. The lowest BCUT2D eigenvalue weighted by Crippen LogP contribution is -2.14. The summed E-state index contributed by atoms with van der Waals surface area (Å²) in [4.78, 5) is 33.6. The van der Waals surface area contributed by atoms with Crippen LogP contribution in [-0.4, -0.2) is 24.5 Å². The first-order valence-corrected chi connectivity index (χ1v) is 5.69. The summed E-state index contributed by atoms with van der Waals surface area (Å²) in [6.45, 7) is 1.67. The highest BCUT2D eigenvalue weighted by Gasteiger charge is 2.14. The number of halogens is 1. The number of ketones is 1. The second-order valence-electron chi connectivity index (χ2n) is 3.59. The molecule has 0 atom stereocenters. The largest absolute Gasteiger partial charge is 0.516 e. The number of Topliss-reactive ketones (excluding diaryl/α,β-unsaturated/α-hetero) is 1. The molecule has 102 valence electrons. The van der Waals surface area contributed by atoms with Crippen molar-refractivity contribution in [3.8, 4) is 0 Å². The zero-order chi connectivity index (χ0) is 14.3. The van der Waals surface area contributed by atoms with Gasteiger partial charge in [0.2, 0.25) is 0 Å². The Kier molecular flexibility index (Phi) is 5.66. The molecule has 0 aromatic heterocycles. The Bertz CT molecular complexity index is 466. The molecule has 5 nitrogen and oxygen atoms in total. The Labute approximate surface area is 109 Å². The van der Waals surface area contributed by atoms with Crippen LogP contribution in [-0.2, 0) is 14.3 Å². The van der Waals surface area contributed by atoms with Crippen LogP contribution in [0.4, 0.5) is 9.18 Å². The topological polar surface area (TPSA) is 69.7 Å². The van der Waals surface area contributed by atoms with Gasteiger partial charge in [0.05, 0.1) is 13.0 Å². The van der Waals surface area contributed by atoms with Crippen molar-refractivity contribution in [2.45, 2.75) is 19.8 Å². The SMILES string of the molecule is CCOC(=O)OC(=O)CCC(=O)c1ccc(F)cc1. The van der Waals surface area contributed by atoms with Crippen molar-refractivity contribution >= 4 is 17.9 Å². The van der Waals surface area contributed by atoms with Crippen molar-refractivity contribution in [2.75, 3.05) is 6.61 Å². The minimum atomic E-state index is -1.08. The van der Waals surface area contributed by atoms with E-state index in [1.54, 1.807) is 6.92 Å². The van der Waals surface area contributed by atoms with Crippen LogP contribution >= 0.6 is 0 Å². The molecule has 0 aliphatic heterocycles. The van der Waals surface area contributed by atoms with Gasteiger partial charge in [0, 0.05) is 12.0 Å². The molecule has 0 saturated heterocycles. The van der Waals surface area contributed by atoms with E-state index in [1.807, 2.05) is 0 Å². The summed E-state index contributed by atoms with van der Waals surface area (Å²) in [5.74, 6) is -1.62. The predicted octanol–water partition coefficient (Wildman–Crippen LogP) is 2.49. The molecule has 0 fully saturated rings. The average molecular weight is 268 g/mol. The molecule has 0 spiro atoms. The number of hydrogen-bond donors (Lipinski definition) is 0. The monoisotopic (exact) mass is 268 g/mol. The molecule has 0 heterocycles. The van der Waals surface area contributed by atoms with Crippen molar-refractivity contribution < 1.29 is 28.2 Å². The van der Waals surface area contributed by atoms with Gasteiger partial charge in [-0.3, -0.25) is 9.59 Å². The number of carbonyl (C=O) groups is 3. The molecule has 0 aliphatic rings. The molecular weight excluding hydrogens is 255 g/mol. The van der Waals surface area contributed by atoms with Gasteiger partial charge in [0.15, 0.2) is 5.78 Å². The van der Waals surface area contributed by atoms with E-state index in [-0.39, 0.29) is 25.2 Å². The third-order valence-corrected chi connectivity index (χ3v) is 2.18. The summed E-state index contributed by atoms with van der Waals surface area (Å²) in [6.07, 6.45) is -1.44. The molecule has 1 aromatic carbocycles. The van der Waals surface area contributed by atoms with Gasteiger partial charge in [-0.15, -0.1) is 0 Å². The quantitative estimate of drug-likeness (QED) is 0.466. The van der Waals surface area contributed by atoms with E-state index in [2.05, 4.69) is 9.47 Å². The van der Waals surface area contributed by atoms with Crippen LogP contribution in [0.5, 0.6) is 0 Å². The number of carbonyl (C=O) groups excluding carboxylic acids is 3. The van der Waals surface area contributed by atoms with Crippen LogP contribution in [0.2, 0.25) is 0 Å². The summed E-state index contributed by atoms with van der Waals surface area (Å²) in [7, 11) is 0. The Hall–Kier alpha value is -2.24. The second kappa shape index (κ2) is 7.25. The van der Waals surface area contributed by atoms with Crippen molar-refractivity contribution in [1.82, 2.24) is 0 Å². The molecule has 0 unspecified atom stereocenters. The first-order valence-electron chi connectivity index (χ1n) is 5.69. The van der Waals surface area contributed by atoms with E-state index in [4.69, 9.17) is 0 Å². The van der Waals surface area contributed by atoms with Crippen LogP contribution in [0.3, 0.4) is 0 Å². The molecule has 6 heteroatoms. The Morgan fingerprint density at radius 1 is 1.11 bits per heavy atom. The lowest BCUT2D eigenvalue weighted by atomic mass is 10.1. The van der Waals surface area contributed by atoms with E-state index in [9.17, 15) is 18.8 Å². The van der Waals surface area contributed by atoms with Gasteiger partial charge in [0.25, 0.3) is 0 Å². The Morgan fingerprint density at radius 3 is 2.32 bits per heavy atom. The molecule has 0 amide bonds. The van der Waals surface area contributed by atoms with Gasteiger partial charge in [-0.25, -0.2) is 9.18 Å². The fraction of sp³-hybridized carbons (Fsp3) is 0.308. The number of rotatable bonds is 5. The van der Waals surface area contributed by atoms with E-state index in [1.165, 1.54) is 12.1 Å². The van der Waals surface area contributed by atoms with Crippen LogP contribution in [0, 0.1) is 5.82 Å². The normalized spacial score (nSPS) is 9.79. The minimum absolute atomic E-state index is 0.0978. The molecule has 1 rings (SSSR count). The third kappa shape index (κ3) is 5.29. The molecule has 0 saturated carbocycles. The summed E-state index contributed by atoms with van der Waals surface area (Å²) in [6, 6.07) is 4.97. The number of esters is 1. The van der Waals surface area contributed by atoms with Gasteiger partial charge in [-0.1, -0.05) is 0 Å². The van der Waals surface area contributed by atoms with Gasteiger partial charge in [-0.05, 0) is 31.2 Å². The van der Waals surface area contributed by atoms with Gasteiger partial charge in [-0.2, -0.15) is 0 Å². The maximum atomic E-state index is 12.6. The number of ether oxygens (including phenoxy) is 2. The van der Waals surface area contributed by atoms with Gasteiger partial charge in [0.1, 0.15) is 5.82 Å². The molecular formula is C13H13FO5. The van der Waals surface area contributed by atoms with Crippen molar-refractivity contribution in [2.24, 2.45) is 0 Å². The van der Waals surface area contributed by atoms with Crippen molar-refractivity contribution in [1.29, 1.82) is 0 Å². The van der Waals surface area contributed by atoms with Gasteiger partial charge >= 0.3 is 12.1 Å². The van der Waals surface area contributed by atoms with Gasteiger partial charge < -0.3 is 9.47 Å². The molecule has 1 aromatic rings. The van der Waals surface area contributed by atoms with Crippen LogP contribution < -0.4 is 0 Å². The van der Waals surface area contributed by atoms with Crippen LogP contribution in [0.15, 0.2) is 24.3 Å². The fourth-order valence-electron chi connectivity index (χ4n) is 1.29. The highest BCUT2D eigenvalue weighted by atomic mass is 19.1. The van der Waals surface area contributed by atoms with Crippen LogP contribution in [0.1, 0.15) is 30.1 Å². The maximum Gasteiger partial charge on any atom is 0.516 e. The van der Waals surface area contributed by atoms with E-state index in [0.717, 1.165) is 12.1 Å². The maximum absolute atomic E-state index is 12.6. The van der Waals surface area contributed by atoms with Crippen molar-refractivity contribution in [3.05, 3.63) is 35.6 Å². The molecule has 0 bridgehead atoms. The highest BCUT2D eigenvalue weighted by Crippen LogP contribution is 2.08. The molecule has 0 radical (unpaired) electrons. The van der Waals surface area contributed by atoms with Crippen LogP contribution in [0.25, 0.3) is 0 Å². The number of hydrogen-bond acceptors (Lipinski definition) is 5. The standard InChI is InChI=1S/C13H13FO5/c1-2-18-13(17)19-12(16)8-7-11(15)9-3-5-10(14)6-4-9/h3-6H,2,7-8H2,1H3. The lowest BCUT2D eigenvalue weighted by Gasteiger charge is -2.03. The molecule has 0 aliphatic carbocycles. The number of benzene rings is 1. The average Bonchev–Trinajstić information content (AvgIpc) is 2.37. The second-order valence-corrected chi connectivity index (χ2v) is 3.59. The molecule has 19 heavy (non-hydrogen) atoms. The van der Waals surface area contributed by atoms with E-state index in [0.29, 0.717) is 5.56 Å². The van der Waals surface area contributed by atoms with Crippen molar-refractivity contribution in [3.63, 3.8) is 0 Å². The molecule has 0 N–H and O–H groups in total. The summed E-state index contributed by atoms with van der Waals surface area (Å²) in [5.41, 5.74) is 0.297. The fourth-order valence-corrected chi connectivity index (χ4v) is 1.29. The summed E-state index contributed by atoms with van der Waals surface area (Å²) >= 11 is 0. The Morgan fingerprint density at radius 2 is 1.74 bits per heavy atom. The summed E-state index contributed by atoms with van der Waals surface area (Å²) < 4.78 is 21.3. The van der Waals surface area contributed by atoms with E-state index < -0.39 is 17.9 Å². The minimum Gasteiger partial charge on any atom is -0.434 e. The smallest absolute Gasteiger partial charge is 0.434 e. The summed E-state index contributed by atoms with van der Waals surface area (Å²) in [5, 5.41) is 0. The highest BCUT2D eigenvalue weighted by molar-refractivity contribution is 5.98. The first kappa shape index (κ1) is 14.8. The Balaban J connectivity index is 2.40. The lowest BCUT2D eigenvalue weighted by molar-refractivity contribution is -0.139. The zero-order valence-corrected chi connectivity index (χ0v) is 10.3. The zero-order valence-electron chi connectivity index (χ0n) is 10.3. The predicted molar refractivity (Wildman–Crippen MR) is 63.1 cm³/mol.